The van der Waals surface area contributed by atoms with Crippen LogP contribution < -0.4 is 0 Å². The van der Waals surface area contributed by atoms with Gasteiger partial charge in [0.05, 0.1) is 11.6 Å². The van der Waals surface area contributed by atoms with Crippen LogP contribution in [0.4, 0.5) is 0 Å². The number of nitriles is 1. The molecular weight excluding hydrogens is 523 g/mol. The number of fused-ring (bicyclic) bond motifs is 6. The minimum Gasteiger partial charge on any atom is -0.192 e. The highest BCUT2D eigenvalue weighted by Gasteiger charge is 2.15. The fourth-order valence-corrected chi connectivity index (χ4v) is 8.09. The maximum atomic E-state index is 9.67. The summed E-state index contributed by atoms with van der Waals surface area (Å²) in [6.07, 6.45) is 0. The van der Waals surface area contributed by atoms with Gasteiger partial charge >= 0.3 is 0 Å². The first-order valence-electron chi connectivity index (χ1n) is 13.2. The van der Waals surface area contributed by atoms with E-state index in [2.05, 4.69) is 115 Å². The second-order valence-electron chi connectivity index (χ2n) is 10.0. The molecule has 6 aromatic carbocycles. The van der Waals surface area contributed by atoms with Crippen LogP contribution in [0.2, 0.25) is 0 Å². The third-order valence-corrected chi connectivity index (χ3v) is 10.0. The minimum absolute atomic E-state index is 0.666. The summed E-state index contributed by atoms with van der Waals surface area (Å²) in [5.41, 5.74) is 7.60. The zero-order valence-corrected chi connectivity index (χ0v) is 23.0. The molecule has 0 aliphatic heterocycles. The lowest BCUT2D eigenvalue weighted by molar-refractivity contribution is 1.48. The molecule has 0 bridgehead atoms. The molecular formula is C37H21NS2. The molecule has 0 aliphatic carbocycles. The summed E-state index contributed by atoms with van der Waals surface area (Å²) >= 11 is 3.68. The fourth-order valence-electron chi connectivity index (χ4n) is 5.87. The SMILES string of the molecule is N#Cc1cccc(-c2cc(-c3cccc4sc5ccccc5c34)ccc2-c2ccc3sc4ccccc4c3c2)c1. The Morgan fingerprint density at radius 1 is 0.425 bits per heavy atom. The molecule has 0 aliphatic rings. The Morgan fingerprint density at radius 3 is 1.95 bits per heavy atom. The number of hydrogen-bond donors (Lipinski definition) is 0. The Hall–Kier alpha value is -4.75. The topological polar surface area (TPSA) is 23.8 Å². The summed E-state index contributed by atoms with van der Waals surface area (Å²) < 4.78 is 5.21. The highest BCUT2D eigenvalue weighted by Crippen LogP contribution is 2.43. The first kappa shape index (κ1) is 23.2. The summed E-state index contributed by atoms with van der Waals surface area (Å²) in [5.74, 6) is 0. The van der Waals surface area contributed by atoms with Crippen molar-refractivity contribution in [3.05, 3.63) is 133 Å². The van der Waals surface area contributed by atoms with E-state index in [4.69, 9.17) is 0 Å². The number of rotatable bonds is 3. The van der Waals surface area contributed by atoms with Gasteiger partial charge < -0.3 is 0 Å². The van der Waals surface area contributed by atoms with E-state index in [0.29, 0.717) is 5.56 Å². The van der Waals surface area contributed by atoms with Crippen molar-refractivity contribution in [1.82, 2.24) is 0 Å². The molecule has 2 heterocycles. The van der Waals surface area contributed by atoms with E-state index in [1.165, 1.54) is 62.6 Å². The van der Waals surface area contributed by atoms with Crippen molar-refractivity contribution in [2.45, 2.75) is 0 Å². The van der Waals surface area contributed by atoms with Crippen molar-refractivity contribution >= 4 is 63.0 Å². The summed E-state index contributed by atoms with van der Waals surface area (Å²) in [6, 6.07) is 47.8. The van der Waals surface area contributed by atoms with Crippen LogP contribution in [0.3, 0.4) is 0 Å². The fraction of sp³-hybridized carbons (Fsp3) is 0. The Bertz CT molecular complexity index is 2290. The zero-order valence-electron chi connectivity index (χ0n) is 21.4. The van der Waals surface area contributed by atoms with Crippen LogP contribution in [-0.2, 0) is 0 Å². The average molecular weight is 544 g/mol. The van der Waals surface area contributed by atoms with E-state index >= 15 is 0 Å². The van der Waals surface area contributed by atoms with Gasteiger partial charge in [0.2, 0.25) is 0 Å². The van der Waals surface area contributed by atoms with Gasteiger partial charge in [-0.25, -0.2) is 0 Å². The first-order chi connectivity index (χ1) is 19.8. The van der Waals surface area contributed by atoms with Gasteiger partial charge in [0.1, 0.15) is 0 Å². The molecule has 2 aromatic heterocycles. The van der Waals surface area contributed by atoms with E-state index in [-0.39, 0.29) is 0 Å². The third-order valence-electron chi connectivity index (χ3n) is 7.72. The summed E-state index contributed by atoms with van der Waals surface area (Å²) in [4.78, 5) is 0. The van der Waals surface area contributed by atoms with Crippen molar-refractivity contribution in [2.24, 2.45) is 0 Å². The lowest BCUT2D eigenvalue weighted by Crippen LogP contribution is -1.89. The van der Waals surface area contributed by atoms with Crippen LogP contribution >= 0.6 is 22.7 Å². The first-order valence-corrected chi connectivity index (χ1v) is 14.9. The molecule has 0 spiro atoms. The van der Waals surface area contributed by atoms with Crippen LogP contribution in [0.1, 0.15) is 5.56 Å². The molecule has 0 radical (unpaired) electrons. The van der Waals surface area contributed by atoms with Crippen LogP contribution in [0.5, 0.6) is 0 Å². The van der Waals surface area contributed by atoms with Crippen molar-refractivity contribution in [1.29, 1.82) is 5.26 Å². The monoisotopic (exact) mass is 543 g/mol. The molecule has 0 atom stereocenters. The number of hydrogen-bond acceptors (Lipinski definition) is 3. The second kappa shape index (κ2) is 9.17. The molecule has 0 saturated carbocycles. The molecule has 8 rings (SSSR count). The predicted molar refractivity (Wildman–Crippen MR) is 173 cm³/mol. The Labute approximate surface area is 239 Å². The van der Waals surface area contributed by atoms with Crippen LogP contribution in [0.25, 0.3) is 73.7 Å². The van der Waals surface area contributed by atoms with E-state index in [1.54, 1.807) is 0 Å². The normalized spacial score (nSPS) is 11.5. The summed E-state index contributed by atoms with van der Waals surface area (Å²) in [5, 5.41) is 14.9. The van der Waals surface area contributed by atoms with Crippen LogP contribution in [-0.4, -0.2) is 0 Å². The van der Waals surface area contributed by atoms with Gasteiger partial charge in [-0.2, -0.15) is 5.26 Å². The Morgan fingerprint density at radius 2 is 1.07 bits per heavy atom. The highest BCUT2D eigenvalue weighted by molar-refractivity contribution is 7.26. The average Bonchev–Trinajstić information content (AvgIpc) is 3.59. The molecule has 0 N–H and O–H groups in total. The quantitative estimate of drug-likeness (QED) is 0.217. The standard InChI is InChI=1S/C37H21NS2/c38-22-23-7-5-8-24(19-23)31-20-26(28-11-6-14-36-37(28)30-10-2-4-13-34(30)40-36)15-17-27(31)25-16-18-35-32(21-25)29-9-1-3-12-33(29)39-35/h1-21H. The molecule has 1 nitrogen and oxygen atoms in total. The number of nitrogens with zero attached hydrogens (tertiary/aromatic N) is 1. The lowest BCUT2D eigenvalue weighted by atomic mass is 9.89. The predicted octanol–water partition coefficient (Wildman–Crippen LogP) is 11.3. The van der Waals surface area contributed by atoms with Gasteiger partial charge in [-0.1, -0.05) is 78.9 Å². The maximum Gasteiger partial charge on any atom is 0.0991 e. The van der Waals surface area contributed by atoms with Gasteiger partial charge in [-0.05, 0) is 81.9 Å². The van der Waals surface area contributed by atoms with Crippen molar-refractivity contribution in [3.63, 3.8) is 0 Å². The molecule has 0 saturated heterocycles. The molecule has 8 aromatic rings. The van der Waals surface area contributed by atoms with E-state index in [1.807, 2.05) is 40.9 Å². The maximum absolute atomic E-state index is 9.67. The summed E-state index contributed by atoms with van der Waals surface area (Å²) in [6.45, 7) is 0. The summed E-state index contributed by atoms with van der Waals surface area (Å²) in [7, 11) is 0. The molecule has 186 valence electrons. The van der Waals surface area contributed by atoms with Crippen LogP contribution in [0, 0.1) is 11.3 Å². The third kappa shape index (κ3) is 3.66. The lowest BCUT2D eigenvalue weighted by Gasteiger charge is -2.14. The van der Waals surface area contributed by atoms with Crippen LogP contribution in [0.15, 0.2) is 127 Å². The smallest absolute Gasteiger partial charge is 0.0991 e. The zero-order chi connectivity index (χ0) is 26.6. The van der Waals surface area contributed by atoms with Crippen molar-refractivity contribution < 1.29 is 0 Å². The molecule has 0 fully saturated rings. The number of benzene rings is 6. The van der Waals surface area contributed by atoms with Gasteiger partial charge in [0.25, 0.3) is 0 Å². The highest BCUT2D eigenvalue weighted by atomic mass is 32.1. The van der Waals surface area contributed by atoms with E-state index in [9.17, 15) is 5.26 Å². The van der Waals surface area contributed by atoms with Crippen molar-refractivity contribution in [3.8, 4) is 39.4 Å². The van der Waals surface area contributed by atoms with Gasteiger partial charge in [-0.15, -0.1) is 22.7 Å². The van der Waals surface area contributed by atoms with E-state index in [0.717, 1.165) is 11.1 Å². The van der Waals surface area contributed by atoms with Crippen molar-refractivity contribution in [2.75, 3.05) is 0 Å². The Balaban J connectivity index is 1.39. The molecule has 40 heavy (non-hydrogen) atoms. The van der Waals surface area contributed by atoms with Gasteiger partial charge in [0, 0.05) is 40.3 Å². The molecule has 0 unspecified atom stereocenters. The second-order valence-corrected chi connectivity index (χ2v) is 12.2. The minimum atomic E-state index is 0.666. The number of thiophene rings is 2. The molecule has 0 amide bonds. The van der Waals surface area contributed by atoms with Gasteiger partial charge in [0.15, 0.2) is 0 Å². The Kier molecular flexibility index (Phi) is 5.31. The van der Waals surface area contributed by atoms with Gasteiger partial charge in [-0.3, -0.25) is 0 Å². The molecule has 3 heteroatoms. The van der Waals surface area contributed by atoms with E-state index < -0.39 is 0 Å². The largest absolute Gasteiger partial charge is 0.192 e.